The highest BCUT2D eigenvalue weighted by Crippen LogP contribution is 2.21. The number of nitrogens with one attached hydrogen (secondary N) is 1. The van der Waals surface area contributed by atoms with Gasteiger partial charge < -0.3 is 15.2 Å². The number of hydrogen-bond acceptors (Lipinski definition) is 5. The van der Waals surface area contributed by atoms with Gasteiger partial charge in [-0.15, -0.1) is 0 Å². The largest absolute Gasteiger partial charge is 0.379 e. The Morgan fingerprint density at radius 3 is 2.91 bits per heavy atom. The third-order valence-electron chi connectivity index (χ3n) is 3.25. The van der Waals surface area contributed by atoms with Crippen molar-refractivity contribution in [2.24, 2.45) is 5.73 Å². The van der Waals surface area contributed by atoms with E-state index < -0.39 is 33.9 Å². The maximum absolute atomic E-state index is 13.2. The SMILES string of the molecule is NC(=O)CO[C@@H]1COCC[C@H]1NS(=O)(=O)c1ccc(F)c(Cl)c1. The molecule has 1 amide bonds. The minimum absolute atomic E-state index is 0.130. The highest BCUT2D eigenvalue weighted by atomic mass is 35.5. The highest BCUT2D eigenvalue weighted by Gasteiger charge is 2.31. The minimum Gasteiger partial charge on any atom is -0.379 e. The van der Waals surface area contributed by atoms with Crippen molar-refractivity contribution in [3.05, 3.63) is 29.0 Å². The lowest BCUT2D eigenvalue weighted by Crippen LogP contribution is -2.50. The molecule has 1 aromatic carbocycles. The first kappa shape index (κ1) is 18.1. The lowest BCUT2D eigenvalue weighted by Gasteiger charge is -2.31. The summed E-state index contributed by atoms with van der Waals surface area (Å²) in [4.78, 5) is 10.6. The van der Waals surface area contributed by atoms with Crippen LogP contribution in [0.15, 0.2) is 23.1 Å². The van der Waals surface area contributed by atoms with Crippen molar-refractivity contribution in [2.45, 2.75) is 23.5 Å². The predicted molar refractivity (Wildman–Crippen MR) is 79.9 cm³/mol. The number of halogens is 2. The van der Waals surface area contributed by atoms with Crippen LogP contribution in [0.4, 0.5) is 4.39 Å². The monoisotopic (exact) mass is 366 g/mol. The summed E-state index contributed by atoms with van der Waals surface area (Å²) in [6, 6.07) is 2.51. The van der Waals surface area contributed by atoms with Crippen LogP contribution < -0.4 is 10.5 Å². The summed E-state index contributed by atoms with van der Waals surface area (Å²) in [5.74, 6) is -1.37. The molecule has 1 fully saturated rings. The Labute approximate surface area is 137 Å². The summed E-state index contributed by atoms with van der Waals surface area (Å²) < 4.78 is 50.8. The fraction of sp³-hybridized carbons (Fsp3) is 0.462. The molecule has 23 heavy (non-hydrogen) atoms. The maximum Gasteiger partial charge on any atom is 0.243 e. The van der Waals surface area contributed by atoms with Crippen LogP contribution in [-0.2, 0) is 24.3 Å². The third-order valence-corrected chi connectivity index (χ3v) is 5.03. The fourth-order valence-electron chi connectivity index (χ4n) is 2.11. The van der Waals surface area contributed by atoms with Gasteiger partial charge in [-0.05, 0) is 24.6 Å². The number of hydrogen-bond donors (Lipinski definition) is 2. The Morgan fingerprint density at radius 1 is 1.52 bits per heavy atom. The van der Waals surface area contributed by atoms with E-state index in [0.717, 1.165) is 18.2 Å². The number of carbonyl (C=O) groups excluding carboxylic acids is 1. The van der Waals surface area contributed by atoms with Crippen molar-refractivity contribution in [3.63, 3.8) is 0 Å². The molecule has 7 nitrogen and oxygen atoms in total. The second-order valence-corrected chi connectivity index (χ2v) is 7.10. The molecule has 0 aromatic heterocycles. The van der Waals surface area contributed by atoms with E-state index in [1.54, 1.807) is 0 Å². The standard InChI is InChI=1S/C13H16ClFN2O5S/c14-9-5-8(1-2-10(9)15)23(19,20)17-11-3-4-21-6-12(11)22-7-13(16)18/h1-2,5,11-12,17H,3-4,6-7H2,(H2,16,18)/t11-,12-/m1/s1. The van der Waals surface area contributed by atoms with Crippen LogP contribution in [0.25, 0.3) is 0 Å². The van der Waals surface area contributed by atoms with Crippen molar-refractivity contribution in [3.8, 4) is 0 Å². The van der Waals surface area contributed by atoms with Crippen LogP contribution >= 0.6 is 11.6 Å². The van der Waals surface area contributed by atoms with Crippen LogP contribution in [0, 0.1) is 5.82 Å². The first-order valence-corrected chi connectivity index (χ1v) is 8.61. The highest BCUT2D eigenvalue weighted by molar-refractivity contribution is 7.89. The van der Waals surface area contributed by atoms with E-state index in [4.69, 9.17) is 26.8 Å². The van der Waals surface area contributed by atoms with Crippen molar-refractivity contribution >= 4 is 27.5 Å². The molecule has 128 valence electrons. The Bertz CT molecular complexity index is 685. The van der Waals surface area contributed by atoms with Gasteiger partial charge in [0, 0.05) is 6.61 Å². The van der Waals surface area contributed by atoms with Crippen LogP contribution in [-0.4, -0.2) is 46.3 Å². The first-order chi connectivity index (χ1) is 10.8. The topological polar surface area (TPSA) is 108 Å². The zero-order chi connectivity index (χ0) is 17.0. The average molecular weight is 367 g/mol. The Balaban J connectivity index is 2.13. The Hall–Kier alpha value is -1.26. The molecule has 0 saturated carbocycles. The van der Waals surface area contributed by atoms with Gasteiger partial charge in [0.05, 0.1) is 28.7 Å². The lowest BCUT2D eigenvalue weighted by atomic mass is 10.1. The average Bonchev–Trinajstić information content (AvgIpc) is 2.48. The van der Waals surface area contributed by atoms with Crippen molar-refractivity contribution in [2.75, 3.05) is 19.8 Å². The van der Waals surface area contributed by atoms with E-state index in [2.05, 4.69) is 4.72 Å². The van der Waals surface area contributed by atoms with Gasteiger partial charge in [-0.3, -0.25) is 4.79 Å². The summed E-state index contributed by atoms with van der Waals surface area (Å²) in [6.07, 6.45) is -0.292. The number of primary amides is 1. The van der Waals surface area contributed by atoms with E-state index in [9.17, 15) is 17.6 Å². The van der Waals surface area contributed by atoms with E-state index in [-0.39, 0.29) is 23.1 Å². The molecule has 10 heteroatoms. The van der Waals surface area contributed by atoms with Gasteiger partial charge in [-0.25, -0.2) is 17.5 Å². The molecule has 1 saturated heterocycles. The number of carbonyl (C=O) groups is 1. The van der Waals surface area contributed by atoms with Gasteiger partial charge in [0.25, 0.3) is 0 Å². The maximum atomic E-state index is 13.2. The van der Waals surface area contributed by atoms with E-state index in [1.165, 1.54) is 0 Å². The van der Waals surface area contributed by atoms with E-state index in [1.807, 2.05) is 0 Å². The second-order valence-electron chi connectivity index (χ2n) is 4.98. The zero-order valence-corrected chi connectivity index (χ0v) is 13.6. The smallest absolute Gasteiger partial charge is 0.243 e. The minimum atomic E-state index is -3.92. The normalized spacial score (nSPS) is 22.0. The number of ether oxygens (including phenoxy) is 2. The van der Waals surface area contributed by atoms with Gasteiger partial charge in [0.15, 0.2) is 0 Å². The lowest BCUT2D eigenvalue weighted by molar-refractivity contribution is -0.129. The number of benzene rings is 1. The van der Waals surface area contributed by atoms with Crippen molar-refractivity contribution in [1.29, 1.82) is 0 Å². The summed E-state index contributed by atoms with van der Waals surface area (Å²) in [5.41, 5.74) is 5.01. The Kier molecular flexibility index (Phi) is 5.93. The molecule has 1 aromatic rings. The third kappa shape index (κ3) is 4.85. The molecule has 0 radical (unpaired) electrons. The molecule has 3 N–H and O–H groups in total. The molecule has 0 unspecified atom stereocenters. The van der Waals surface area contributed by atoms with E-state index in [0.29, 0.717) is 13.0 Å². The van der Waals surface area contributed by atoms with Gasteiger partial charge in [0.2, 0.25) is 15.9 Å². The molecular formula is C13H16ClFN2O5S. The summed E-state index contributed by atoms with van der Waals surface area (Å²) in [6.45, 7) is 0.132. The fourth-order valence-corrected chi connectivity index (χ4v) is 3.68. The number of nitrogens with two attached hydrogens (primary N) is 1. The second kappa shape index (κ2) is 7.54. The molecule has 0 bridgehead atoms. The summed E-state index contributed by atoms with van der Waals surface area (Å²) in [5, 5.41) is -0.290. The first-order valence-electron chi connectivity index (χ1n) is 6.74. The van der Waals surface area contributed by atoms with Crippen LogP contribution in [0.2, 0.25) is 5.02 Å². The van der Waals surface area contributed by atoms with Crippen LogP contribution in [0.3, 0.4) is 0 Å². The quantitative estimate of drug-likeness (QED) is 0.758. The number of sulfonamides is 1. The molecule has 2 rings (SSSR count). The molecule has 0 aliphatic carbocycles. The molecule has 2 atom stereocenters. The molecule has 1 aliphatic heterocycles. The molecule has 0 spiro atoms. The summed E-state index contributed by atoms with van der Waals surface area (Å²) >= 11 is 5.61. The number of rotatable bonds is 6. The van der Waals surface area contributed by atoms with Crippen LogP contribution in [0.5, 0.6) is 0 Å². The Morgan fingerprint density at radius 2 is 2.26 bits per heavy atom. The molecular weight excluding hydrogens is 351 g/mol. The van der Waals surface area contributed by atoms with Crippen molar-refractivity contribution in [1.82, 2.24) is 4.72 Å². The van der Waals surface area contributed by atoms with Gasteiger partial charge in [-0.1, -0.05) is 11.6 Å². The van der Waals surface area contributed by atoms with Crippen LogP contribution in [0.1, 0.15) is 6.42 Å². The van der Waals surface area contributed by atoms with E-state index >= 15 is 0 Å². The van der Waals surface area contributed by atoms with Gasteiger partial charge >= 0.3 is 0 Å². The number of amides is 1. The van der Waals surface area contributed by atoms with Gasteiger partial charge in [-0.2, -0.15) is 0 Å². The summed E-state index contributed by atoms with van der Waals surface area (Å²) in [7, 11) is -3.92. The van der Waals surface area contributed by atoms with Crippen molar-refractivity contribution < 1.29 is 27.1 Å². The molecule has 1 heterocycles. The zero-order valence-electron chi connectivity index (χ0n) is 12.0. The molecule has 1 aliphatic rings. The van der Waals surface area contributed by atoms with Gasteiger partial charge in [0.1, 0.15) is 12.4 Å². The predicted octanol–water partition coefficient (Wildman–Crippen LogP) is 0.417.